The van der Waals surface area contributed by atoms with Crippen LogP contribution >= 0.6 is 7.82 Å². The first-order valence-corrected chi connectivity index (χ1v) is 3.55. The first-order valence-electron chi connectivity index (χ1n) is 2.09. The second-order valence-corrected chi connectivity index (χ2v) is 3.01. The number of hydrogen-bond donors (Lipinski definition) is 0. The van der Waals surface area contributed by atoms with Crippen molar-refractivity contribution in [2.75, 3.05) is 0 Å². The Balaban J connectivity index is 2.46. The third-order valence-corrected chi connectivity index (χ3v) is 2.20. The molecule has 3 aliphatic rings. The monoisotopic (exact) mass is 134 g/mol. The van der Waals surface area contributed by atoms with Gasteiger partial charge in [-0.15, -0.1) is 0 Å². The van der Waals surface area contributed by atoms with E-state index in [4.69, 9.17) is 0 Å². The molecule has 0 saturated carbocycles. The van der Waals surface area contributed by atoms with Gasteiger partial charge in [-0.05, 0) is 0 Å². The Labute approximate surface area is 45.7 Å². The molecule has 0 radical (unpaired) electrons. The van der Waals surface area contributed by atoms with Crippen molar-refractivity contribution in [3.8, 4) is 0 Å². The van der Waals surface area contributed by atoms with Crippen LogP contribution in [0.5, 0.6) is 0 Å². The first kappa shape index (κ1) is 4.27. The van der Waals surface area contributed by atoms with Gasteiger partial charge in [0, 0.05) is 6.92 Å². The zero-order chi connectivity index (χ0) is 5.78. The fourth-order valence-corrected chi connectivity index (χ4v) is 1.74. The van der Waals surface area contributed by atoms with E-state index in [0.717, 1.165) is 0 Å². The van der Waals surface area contributed by atoms with E-state index in [-0.39, 0.29) is 5.95 Å². The highest BCUT2D eigenvalue weighted by Gasteiger charge is 2.54. The molecule has 0 aromatic heterocycles. The zero-order valence-electron chi connectivity index (χ0n) is 4.08. The van der Waals surface area contributed by atoms with Crippen molar-refractivity contribution in [3.05, 3.63) is 11.7 Å². The Hall–Kier alpha value is -0.630. The summed E-state index contributed by atoms with van der Waals surface area (Å²) in [5.74, 6) is 0.752. The van der Waals surface area contributed by atoms with Gasteiger partial charge in [0.2, 0.25) is 0 Å². The highest BCUT2D eigenvalue weighted by Crippen LogP contribution is 2.70. The molecule has 0 N–H and O–H groups in total. The molecule has 8 heavy (non-hydrogen) atoms. The number of hydrogen-bond acceptors (Lipinski definition) is 4. The number of fused-ring (bicyclic) bond motifs is 1. The number of allylic oxidation sites excluding steroid dienone is 1. The van der Waals surface area contributed by atoms with Gasteiger partial charge >= 0.3 is 13.8 Å². The number of phosphoric ester groups is 1. The van der Waals surface area contributed by atoms with E-state index in [1.807, 2.05) is 0 Å². The van der Waals surface area contributed by atoms with Crippen molar-refractivity contribution in [1.82, 2.24) is 0 Å². The van der Waals surface area contributed by atoms with Crippen LogP contribution in [0.15, 0.2) is 11.7 Å². The molecule has 0 aromatic carbocycles. The van der Waals surface area contributed by atoms with Gasteiger partial charge in [-0.25, -0.2) is 0 Å². The van der Waals surface area contributed by atoms with Gasteiger partial charge in [-0.3, -0.25) is 0 Å². The van der Waals surface area contributed by atoms with Gasteiger partial charge in [0.15, 0.2) is 5.76 Å². The molecule has 0 unspecified atom stereocenters. The van der Waals surface area contributed by atoms with Gasteiger partial charge in [-0.2, -0.15) is 4.57 Å². The van der Waals surface area contributed by atoms with Crippen LogP contribution in [0, 0.1) is 0 Å². The maximum absolute atomic E-state index is 10.6. The van der Waals surface area contributed by atoms with Crippen molar-refractivity contribution >= 4 is 7.82 Å². The minimum absolute atomic E-state index is 0.272. The van der Waals surface area contributed by atoms with Crippen LogP contribution in [0.25, 0.3) is 0 Å². The molecule has 2 bridgehead atoms. The van der Waals surface area contributed by atoms with E-state index in [9.17, 15) is 4.57 Å². The van der Waals surface area contributed by atoms with Crippen LogP contribution in [0.3, 0.4) is 0 Å². The van der Waals surface area contributed by atoms with Gasteiger partial charge in [0.1, 0.15) is 0 Å². The molecule has 44 valence electrons. The van der Waals surface area contributed by atoms with Crippen LogP contribution in [0.4, 0.5) is 0 Å². The Morgan fingerprint density at radius 1 is 1.38 bits per heavy atom. The van der Waals surface area contributed by atoms with Crippen LogP contribution < -0.4 is 0 Å². The summed E-state index contributed by atoms with van der Waals surface area (Å²) in [5.41, 5.74) is 0. The van der Waals surface area contributed by atoms with Crippen molar-refractivity contribution in [1.29, 1.82) is 0 Å². The van der Waals surface area contributed by atoms with Gasteiger partial charge < -0.3 is 13.6 Å². The van der Waals surface area contributed by atoms with Crippen LogP contribution in [0.2, 0.25) is 0 Å². The van der Waals surface area contributed by atoms with Crippen LogP contribution in [0.1, 0.15) is 6.92 Å². The van der Waals surface area contributed by atoms with Crippen molar-refractivity contribution in [3.63, 3.8) is 0 Å². The molecule has 0 aromatic rings. The molecule has 3 rings (SSSR count). The Kier molecular flexibility index (Phi) is 0.475. The highest BCUT2D eigenvalue weighted by molar-refractivity contribution is 7.50. The molecule has 0 aliphatic carbocycles. The quantitative estimate of drug-likeness (QED) is 0.469. The number of rotatable bonds is 0. The van der Waals surface area contributed by atoms with E-state index < -0.39 is 7.82 Å². The zero-order valence-corrected chi connectivity index (χ0v) is 4.97. The lowest BCUT2D eigenvalue weighted by atomic mass is 10.6. The predicted octanol–water partition coefficient (Wildman–Crippen LogP) is 1.36. The second kappa shape index (κ2) is 0.890. The first-order chi connectivity index (χ1) is 3.70. The fraction of sp³-hybridized carbons (Fsp3) is 0.333. The topological polar surface area (TPSA) is 44.8 Å². The number of phosphoric acid groups is 1. The van der Waals surface area contributed by atoms with E-state index >= 15 is 0 Å². The molecule has 5 heteroatoms. The van der Waals surface area contributed by atoms with Crippen LogP contribution in [-0.4, -0.2) is 0 Å². The molecule has 0 atom stereocenters. The largest absolute Gasteiger partial charge is 0.651 e. The van der Waals surface area contributed by atoms with E-state index in [2.05, 4.69) is 13.6 Å². The molecular formula is C3H3O4P. The van der Waals surface area contributed by atoms with Crippen molar-refractivity contribution < 1.29 is 18.1 Å². The van der Waals surface area contributed by atoms with E-state index in [0.29, 0.717) is 5.76 Å². The average Bonchev–Trinajstić information content (AvgIpc) is 1.88. The SMILES string of the molecule is CC1=C2OP(=O)(O1)O2. The average molecular weight is 134 g/mol. The molecule has 0 amide bonds. The highest BCUT2D eigenvalue weighted by atomic mass is 31.2. The minimum Gasteiger partial charge on any atom is -0.383 e. The summed E-state index contributed by atoms with van der Waals surface area (Å²) in [6, 6.07) is 0. The lowest BCUT2D eigenvalue weighted by Gasteiger charge is -2.15. The molecule has 3 aliphatic heterocycles. The summed E-state index contributed by atoms with van der Waals surface area (Å²) in [6.45, 7) is 1.64. The second-order valence-electron chi connectivity index (χ2n) is 1.56. The third kappa shape index (κ3) is 0.304. The Morgan fingerprint density at radius 2 is 2.00 bits per heavy atom. The van der Waals surface area contributed by atoms with Crippen LogP contribution in [-0.2, 0) is 18.1 Å². The molecule has 1 saturated heterocycles. The molecule has 4 nitrogen and oxygen atoms in total. The normalized spacial score (nSPS) is 27.6. The summed E-state index contributed by atoms with van der Waals surface area (Å²) >= 11 is 0. The standard InChI is InChI=1S/C3H3O4P/c1-2-3-6-8(4,5-2)7-3/h1H3. The Bertz CT molecular complexity index is 205. The van der Waals surface area contributed by atoms with Gasteiger partial charge in [-0.1, -0.05) is 0 Å². The minimum atomic E-state index is -3.03. The van der Waals surface area contributed by atoms with E-state index in [1.165, 1.54) is 0 Å². The lowest BCUT2D eigenvalue weighted by Crippen LogP contribution is -1.99. The predicted molar refractivity (Wildman–Crippen MR) is 23.6 cm³/mol. The smallest absolute Gasteiger partial charge is 0.383 e. The summed E-state index contributed by atoms with van der Waals surface area (Å²) in [7, 11) is -3.03. The lowest BCUT2D eigenvalue weighted by molar-refractivity contribution is 0.0985. The van der Waals surface area contributed by atoms with Crippen molar-refractivity contribution in [2.24, 2.45) is 0 Å². The Morgan fingerprint density at radius 3 is 2.12 bits per heavy atom. The maximum Gasteiger partial charge on any atom is 0.651 e. The summed E-state index contributed by atoms with van der Waals surface area (Å²) < 4.78 is 24.3. The summed E-state index contributed by atoms with van der Waals surface area (Å²) in [5, 5.41) is 0. The van der Waals surface area contributed by atoms with E-state index in [1.54, 1.807) is 6.92 Å². The summed E-state index contributed by atoms with van der Waals surface area (Å²) in [6.07, 6.45) is 0. The summed E-state index contributed by atoms with van der Waals surface area (Å²) in [4.78, 5) is 0. The van der Waals surface area contributed by atoms with Gasteiger partial charge in [0.05, 0.1) is 0 Å². The molecule has 3 heterocycles. The van der Waals surface area contributed by atoms with Crippen molar-refractivity contribution in [2.45, 2.75) is 6.92 Å². The molecular weight excluding hydrogens is 131 g/mol. The molecule has 1 fully saturated rings. The third-order valence-electron chi connectivity index (χ3n) is 0.926. The molecule has 0 spiro atoms. The maximum atomic E-state index is 10.6. The fourth-order valence-electron chi connectivity index (χ4n) is 0.581. The van der Waals surface area contributed by atoms with Gasteiger partial charge in [0.25, 0.3) is 0 Å².